The maximum absolute atomic E-state index is 12.3. The van der Waals surface area contributed by atoms with Crippen LogP contribution >= 0.6 is 11.6 Å². The van der Waals surface area contributed by atoms with E-state index in [-0.39, 0.29) is 17.4 Å². The highest BCUT2D eigenvalue weighted by Crippen LogP contribution is 2.41. The van der Waals surface area contributed by atoms with Crippen LogP contribution in [0, 0.1) is 11.8 Å². The summed E-state index contributed by atoms with van der Waals surface area (Å²) in [6.45, 7) is 11.2. The largest absolute Gasteiger partial charge is 0.376 e. The average Bonchev–Trinajstić information content (AvgIpc) is 2.35. The van der Waals surface area contributed by atoms with E-state index in [4.69, 9.17) is 16.3 Å². The smallest absolute Gasteiger partial charge is 0.228 e. The van der Waals surface area contributed by atoms with Gasteiger partial charge in [-0.3, -0.25) is 4.79 Å². The maximum atomic E-state index is 12.3. The lowest BCUT2D eigenvalue weighted by Gasteiger charge is -2.50. The molecule has 2 heterocycles. The molecule has 0 bridgehead atoms. The Morgan fingerprint density at radius 3 is 2.76 bits per heavy atom. The maximum Gasteiger partial charge on any atom is 0.228 e. The van der Waals surface area contributed by atoms with Gasteiger partial charge >= 0.3 is 0 Å². The second kappa shape index (κ2) is 6.37. The lowest BCUT2D eigenvalue weighted by molar-refractivity contribution is -0.135. The number of carbonyl (C=O) groups is 1. The van der Waals surface area contributed by atoms with E-state index < -0.39 is 0 Å². The van der Waals surface area contributed by atoms with Crippen LogP contribution in [-0.4, -0.2) is 24.7 Å². The van der Waals surface area contributed by atoms with Crippen molar-refractivity contribution in [2.24, 2.45) is 11.8 Å². The van der Waals surface area contributed by atoms with E-state index in [0.717, 1.165) is 12.8 Å². The molecule has 1 N–H and O–H groups in total. The van der Waals surface area contributed by atoms with E-state index in [2.05, 4.69) is 32.7 Å². The third-order valence-corrected chi connectivity index (χ3v) is 4.65. The van der Waals surface area contributed by atoms with Crippen LogP contribution in [0.5, 0.6) is 0 Å². The lowest BCUT2D eigenvalue weighted by Crippen LogP contribution is -2.67. The monoisotopic (exact) mass is 309 g/mol. The minimum absolute atomic E-state index is 0.0133. The van der Waals surface area contributed by atoms with E-state index in [0.29, 0.717) is 24.2 Å². The molecule has 2 aliphatic heterocycles. The van der Waals surface area contributed by atoms with Crippen LogP contribution in [0.4, 0.5) is 0 Å². The Morgan fingerprint density at radius 2 is 2.29 bits per heavy atom. The average molecular weight is 310 g/mol. The molecule has 3 nitrogen and oxygen atoms in total. The molecule has 1 spiro atoms. The van der Waals surface area contributed by atoms with Gasteiger partial charge in [0, 0.05) is 5.03 Å². The van der Waals surface area contributed by atoms with Crippen molar-refractivity contribution in [3.8, 4) is 0 Å². The van der Waals surface area contributed by atoms with Gasteiger partial charge < -0.3 is 10.1 Å². The minimum atomic E-state index is -0.280. The summed E-state index contributed by atoms with van der Waals surface area (Å²) >= 11 is 5.76. The van der Waals surface area contributed by atoms with Gasteiger partial charge in [0.1, 0.15) is 5.54 Å². The molecule has 2 aliphatic rings. The zero-order chi connectivity index (χ0) is 15.6. The molecular weight excluding hydrogens is 286 g/mol. The first-order valence-corrected chi connectivity index (χ1v) is 7.91. The predicted molar refractivity (Wildman–Crippen MR) is 86.1 cm³/mol. The number of amides is 1. The van der Waals surface area contributed by atoms with Gasteiger partial charge in [-0.2, -0.15) is 0 Å². The molecule has 1 fully saturated rings. The zero-order valence-corrected chi connectivity index (χ0v) is 13.8. The molecule has 1 saturated heterocycles. The number of allylic oxidation sites excluding steroid dienone is 3. The summed E-state index contributed by atoms with van der Waals surface area (Å²) in [5, 5.41) is 3.74. The second-order valence-electron chi connectivity index (χ2n) is 6.11. The van der Waals surface area contributed by atoms with Crippen LogP contribution in [-0.2, 0) is 9.53 Å². The third-order valence-electron chi connectivity index (χ3n) is 4.53. The van der Waals surface area contributed by atoms with Gasteiger partial charge in [0.2, 0.25) is 5.91 Å². The molecule has 2 atom stereocenters. The molecule has 0 aromatic heterocycles. The van der Waals surface area contributed by atoms with E-state index in [9.17, 15) is 4.79 Å². The minimum Gasteiger partial charge on any atom is -0.376 e. The van der Waals surface area contributed by atoms with Crippen LogP contribution in [0.25, 0.3) is 0 Å². The van der Waals surface area contributed by atoms with E-state index in [1.807, 2.05) is 12.2 Å². The fraction of sp³-hybridized carbons (Fsp3) is 0.588. The van der Waals surface area contributed by atoms with E-state index in [1.54, 1.807) is 0 Å². The van der Waals surface area contributed by atoms with Crippen molar-refractivity contribution in [1.82, 2.24) is 5.32 Å². The first kappa shape index (κ1) is 16.3. The standard InChI is InChI=1S/C17H24ClNO2/c1-5-14-13(4)15(11(2)7-6-8-12(3)18)17(9-21-10-17)19-16(14)20/h6,8,11,14H,3,5,7,9-10H2,1-2,4H3,(H,19,20)/b8-6+. The third kappa shape index (κ3) is 3.09. The number of rotatable bonds is 5. The molecule has 116 valence electrons. The van der Waals surface area contributed by atoms with Gasteiger partial charge in [-0.15, -0.1) is 0 Å². The van der Waals surface area contributed by atoms with E-state index >= 15 is 0 Å². The fourth-order valence-electron chi connectivity index (χ4n) is 3.56. The molecule has 0 radical (unpaired) electrons. The van der Waals surface area contributed by atoms with E-state index in [1.165, 1.54) is 11.1 Å². The van der Waals surface area contributed by atoms with Crippen LogP contribution < -0.4 is 5.32 Å². The zero-order valence-electron chi connectivity index (χ0n) is 13.0. The molecule has 0 aromatic carbocycles. The molecule has 0 aliphatic carbocycles. The van der Waals surface area contributed by atoms with Crippen molar-refractivity contribution in [2.45, 2.75) is 39.2 Å². The topological polar surface area (TPSA) is 38.3 Å². The van der Waals surface area contributed by atoms with Crippen LogP contribution in [0.15, 0.2) is 34.9 Å². The fourth-order valence-corrected chi connectivity index (χ4v) is 3.64. The number of ether oxygens (including phenoxy) is 1. The van der Waals surface area contributed by atoms with Crippen molar-refractivity contribution in [1.29, 1.82) is 0 Å². The number of carbonyl (C=O) groups excluding carboxylic acids is 1. The number of hydrogen-bond acceptors (Lipinski definition) is 2. The Bertz CT molecular complexity index is 503. The van der Waals surface area contributed by atoms with Gasteiger partial charge in [0.05, 0.1) is 19.1 Å². The molecule has 0 saturated carbocycles. The molecule has 2 rings (SSSR count). The Labute approximate surface area is 132 Å². The summed E-state index contributed by atoms with van der Waals surface area (Å²) in [6.07, 6.45) is 5.59. The Kier molecular flexibility index (Phi) is 4.95. The first-order valence-electron chi connectivity index (χ1n) is 7.53. The number of hydrogen-bond donors (Lipinski definition) is 1. The van der Waals surface area contributed by atoms with Gasteiger partial charge in [-0.05, 0) is 37.3 Å². The van der Waals surface area contributed by atoms with Gasteiger partial charge in [-0.1, -0.05) is 43.7 Å². The number of halogens is 1. The normalized spacial score (nSPS) is 25.9. The van der Waals surface area contributed by atoms with Gasteiger partial charge in [-0.25, -0.2) is 0 Å². The lowest BCUT2D eigenvalue weighted by atomic mass is 9.70. The Morgan fingerprint density at radius 1 is 1.62 bits per heavy atom. The van der Waals surface area contributed by atoms with Gasteiger partial charge in [0.25, 0.3) is 0 Å². The van der Waals surface area contributed by atoms with Crippen LogP contribution in [0.3, 0.4) is 0 Å². The number of nitrogens with one attached hydrogen (secondary N) is 1. The highest BCUT2D eigenvalue weighted by Gasteiger charge is 2.50. The SMILES string of the molecule is C=C(Cl)/C=C/CC(C)C1=C(C)C(CC)C(=O)NC12COC2. The Balaban J connectivity index is 2.28. The molecule has 2 unspecified atom stereocenters. The first-order chi connectivity index (χ1) is 9.91. The van der Waals surface area contributed by atoms with Crippen LogP contribution in [0.1, 0.15) is 33.6 Å². The molecule has 21 heavy (non-hydrogen) atoms. The molecule has 4 heteroatoms. The highest BCUT2D eigenvalue weighted by molar-refractivity contribution is 6.30. The Hall–Kier alpha value is -1.06. The second-order valence-corrected chi connectivity index (χ2v) is 6.59. The molecule has 1 amide bonds. The highest BCUT2D eigenvalue weighted by atomic mass is 35.5. The van der Waals surface area contributed by atoms with Crippen molar-refractivity contribution in [2.75, 3.05) is 13.2 Å². The quantitative estimate of drug-likeness (QED) is 0.623. The van der Waals surface area contributed by atoms with Crippen molar-refractivity contribution in [3.05, 3.63) is 34.9 Å². The summed E-state index contributed by atoms with van der Waals surface area (Å²) in [7, 11) is 0. The summed E-state index contributed by atoms with van der Waals surface area (Å²) in [6, 6.07) is 0. The van der Waals surface area contributed by atoms with Crippen molar-refractivity contribution < 1.29 is 9.53 Å². The molecule has 0 aromatic rings. The summed E-state index contributed by atoms with van der Waals surface area (Å²) in [4.78, 5) is 12.3. The van der Waals surface area contributed by atoms with Crippen LogP contribution in [0.2, 0.25) is 0 Å². The predicted octanol–water partition coefficient (Wildman–Crippen LogP) is 3.56. The summed E-state index contributed by atoms with van der Waals surface area (Å²) < 4.78 is 5.40. The van der Waals surface area contributed by atoms with Crippen molar-refractivity contribution >= 4 is 17.5 Å². The summed E-state index contributed by atoms with van der Waals surface area (Å²) in [5.41, 5.74) is 2.28. The van der Waals surface area contributed by atoms with Gasteiger partial charge in [0.15, 0.2) is 0 Å². The molecular formula is C17H24ClNO2. The summed E-state index contributed by atoms with van der Waals surface area (Å²) in [5.74, 6) is 0.468. The van der Waals surface area contributed by atoms with Crippen molar-refractivity contribution in [3.63, 3.8) is 0 Å².